The highest BCUT2D eigenvalue weighted by molar-refractivity contribution is 5.87. The Morgan fingerprint density at radius 3 is 2.53 bits per heavy atom. The molecule has 0 heterocycles. The number of hydrogen-bond donors (Lipinski definition) is 4. The van der Waals surface area contributed by atoms with Gasteiger partial charge in [0.25, 0.3) is 0 Å². The molecule has 0 radical (unpaired) electrons. The number of rotatable bonds is 4. The zero-order valence-electron chi connectivity index (χ0n) is 11.4. The van der Waals surface area contributed by atoms with Gasteiger partial charge in [-0.1, -0.05) is 6.42 Å². The van der Waals surface area contributed by atoms with Crippen LogP contribution in [-0.2, 0) is 9.59 Å². The number of hydrogen-bond acceptors (Lipinski definition) is 3. The molecule has 0 spiro atoms. The van der Waals surface area contributed by atoms with Crippen molar-refractivity contribution >= 4 is 17.9 Å². The summed E-state index contributed by atoms with van der Waals surface area (Å²) in [6.45, 7) is 3.19. The summed E-state index contributed by atoms with van der Waals surface area (Å²) in [6, 6.07) is -1.60. The van der Waals surface area contributed by atoms with Gasteiger partial charge in [0.1, 0.15) is 6.04 Å². The number of likely N-dealkylation sites (N-methyl/N-ethyl adjacent to an activating group) is 1. The summed E-state index contributed by atoms with van der Waals surface area (Å²) in [5.41, 5.74) is -0.937. The monoisotopic (exact) mass is 271 g/mol. The molecule has 1 saturated carbocycles. The minimum Gasteiger partial charge on any atom is -0.481 e. The van der Waals surface area contributed by atoms with Gasteiger partial charge in [-0.15, -0.1) is 0 Å². The summed E-state index contributed by atoms with van der Waals surface area (Å²) < 4.78 is 0. The Labute approximate surface area is 112 Å². The van der Waals surface area contributed by atoms with Gasteiger partial charge in [0.2, 0.25) is 5.91 Å². The molecule has 3 atom stereocenters. The number of urea groups is 1. The fourth-order valence-electron chi connectivity index (χ4n) is 2.33. The van der Waals surface area contributed by atoms with Crippen molar-refractivity contribution < 1.29 is 19.5 Å². The molecule has 3 amide bonds. The maximum absolute atomic E-state index is 11.7. The number of aliphatic carboxylic acids is 1. The van der Waals surface area contributed by atoms with E-state index in [1.807, 2.05) is 0 Å². The number of carbonyl (C=O) groups is 3. The lowest BCUT2D eigenvalue weighted by Gasteiger charge is -2.28. The molecule has 1 aliphatic carbocycles. The Balaban J connectivity index is 2.57. The van der Waals surface area contributed by atoms with Crippen molar-refractivity contribution in [2.24, 2.45) is 5.41 Å². The van der Waals surface area contributed by atoms with E-state index in [0.717, 1.165) is 6.42 Å². The molecule has 0 aromatic rings. The van der Waals surface area contributed by atoms with Gasteiger partial charge in [-0.05, 0) is 26.7 Å². The van der Waals surface area contributed by atoms with Crippen LogP contribution < -0.4 is 16.0 Å². The first-order valence-electron chi connectivity index (χ1n) is 6.33. The van der Waals surface area contributed by atoms with Crippen molar-refractivity contribution in [1.29, 1.82) is 0 Å². The van der Waals surface area contributed by atoms with Gasteiger partial charge < -0.3 is 21.1 Å². The Morgan fingerprint density at radius 1 is 1.37 bits per heavy atom. The Morgan fingerprint density at radius 2 is 2.00 bits per heavy atom. The van der Waals surface area contributed by atoms with E-state index in [-0.39, 0.29) is 5.91 Å². The van der Waals surface area contributed by atoms with E-state index in [2.05, 4.69) is 16.0 Å². The molecule has 1 fully saturated rings. The molecule has 0 aromatic carbocycles. The fraction of sp³-hybridized carbons (Fsp3) is 0.750. The second-order valence-corrected chi connectivity index (χ2v) is 5.12. The standard InChI is InChI=1S/C12H21N3O4/c1-7(9(16)13-3)14-11(19)15-8-5-4-6-12(8,2)10(17)18/h7-8H,4-6H2,1-3H3,(H,13,16)(H,17,18)(H2,14,15,19). The van der Waals surface area contributed by atoms with Gasteiger partial charge >= 0.3 is 12.0 Å². The topological polar surface area (TPSA) is 108 Å². The molecule has 4 N–H and O–H groups in total. The van der Waals surface area contributed by atoms with Crippen LogP contribution in [0.15, 0.2) is 0 Å². The van der Waals surface area contributed by atoms with Crippen LogP contribution in [0.2, 0.25) is 0 Å². The van der Waals surface area contributed by atoms with Gasteiger partial charge in [-0.3, -0.25) is 9.59 Å². The average molecular weight is 271 g/mol. The number of nitrogens with one attached hydrogen (secondary N) is 3. The van der Waals surface area contributed by atoms with E-state index >= 15 is 0 Å². The quantitative estimate of drug-likeness (QED) is 0.580. The molecule has 0 bridgehead atoms. The minimum atomic E-state index is -0.937. The van der Waals surface area contributed by atoms with Gasteiger partial charge in [0.15, 0.2) is 0 Å². The summed E-state index contributed by atoms with van der Waals surface area (Å²) in [7, 11) is 1.48. The third-order valence-corrected chi connectivity index (χ3v) is 3.74. The van der Waals surface area contributed by atoms with Gasteiger partial charge in [0.05, 0.1) is 5.41 Å². The number of amides is 3. The van der Waals surface area contributed by atoms with Crippen molar-refractivity contribution in [2.75, 3.05) is 7.05 Å². The highest BCUT2D eigenvalue weighted by Gasteiger charge is 2.46. The maximum atomic E-state index is 11.7. The zero-order valence-corrected chi connectivity index (χ0v) is 11.4. The van der Waals surface area contributed by atoms with E-state index in [4.69, 9.17) is 0 Å². The van der Waals surface area contributed by atoms with Crippen molar-refractivity contribution in [3.8, 4) is 0 Å². The van der Waals surface area contributed by atoms with Crippen LogP contribution in [0.1, 0.15) is 33.1 Å². The van der Waals surface area contributed by atoms with E-state index in [0.29, 0.717) is 12.8 Å². The predicted octanol–water partition coefficient (Wildman–Crippen LogP) is 0.0635. The first-order valence-corrected chi connectivity index (χ1v) is 6.33. The Kier molecular flexibility index (Phi) is 4.74. The van der Waals surface area contributed by atoms with E-state index in [1.54, 1.807) is 13.8 Å². The molecule has 108 valence electrons. The molecule has 7 heteroatoms. The molecular weight excluding hydrogens is 250 g/mol. The third-order valence-electron chi connectivity index (χ3n) is 3.74. The molecule has 1 aliphatic rings. The largest absolute Gasteiger partial charge is 0.481 e. The molecule has 19 heavy (non-hydrogen) atoms. The number of carbonyl (C=O) groups excluding carboxylic acids is 2. The van der Waals surface area contributed by atoms with E-state index in [1.165, 1.54) is 7.05 Å². The lowest BCUT2D eigenvalue weighted by atomic mass is 9.85. The SMILES string of the molecule is CNC(=O)C(C)NC(=O)NC1CCCC1(C)C(=O)O. The highest BCUT2D eigenvalue weighted by Crippen LogP contribution is 2.38. The lowest BCUT2D eigenvalue weighted by Crippen LogP contribution is -2.53. The second kappa shape index (κ2) is 5.90. The zero-order chi connectivity index (χ0) is 14.6. The summed E-state index contributed by atoms with van der Waals surface area (Å²) in [4.78, 5) is 34.3. The van der Waals surface area contributed by atoms with Crippen LogP contribution in [0, 0.1) is 5.41 Å². The lowest BCUT2D eigenvalue weighted by molar-refractivity contribution is -0.148. The number of carboxylic acids is 1. The van der Waals surface area contributed by atoms with Gasteiger partial charge in [0, 0.05) is 13.1 Å². The van der Waals surface area contributed by atoms with Gasteiger partial charge in [-0.2, -0.15) is 0 Å². The summed E-state index contributed by atoms with van der Waals surface area (Å²) in [5.74, 6) is -1.21. The fourth-order valence-corrected chi connectivity index (χ4v) is 2.33. The third kappa shape index (κ3) is 3.36. The smallest absolute Gasteiger partial charge is 0.315 e. The molecule has 0 saturated heterocycles. The minimum absolute atomic E-state index is 0.303. The molecular formula is C12H21N3O4. The normalized spacial score (nSPS) is 27.4. The van der Waals surface area contributed by atoms with Crippen molar-refractivity contribution in [3.05, 3.63) is 0 Å². The average Bonchev–Trinajstić information content (AvgIpc) is 2.71. The van der Waals surface area contributed by atoms with Crippen molar-refractivity contribution in [3.63, 3.8) is 0 Å². The highest BCUT2D eigenvalue weighted by atomic mass is 16.4. The summed E-state index contributed by atoms with van der Waals surface area (Å²) in [6.07, 6.45) is 1.93. The Bertz CT molecular complexity index is 385. The predicted molar refractivity (Wildman–Crippen MR) is 68.6 cm³/mol. The van der Waals surface area contributed by atoms with Crippen molar-refractivity contribution in [1.82, 2.24) is 16.0 Å². The van der Waals surface area contributed by atoms with Crippen LogP contribution >= 0.6 is 0 Å². The van der Waals surface area contributed by atoms with E-state index < -0.39 is 29.5 Å². The summed E-state index contributed by atoms with van der Waals surface area (Å²) in [5, 5.41) is 16.8. The van der Waals surface area contributed by atoms with Crippen LogP contribution in [-0.4, -0.2) is 42.1 Å². The maximum Gasteiger partial charge on any atom is 0.315 e. The summed E-state index contributed by atoms with van der Waals surface area (Å²) >= 11 is 0. The van der Waals surface area contributed by atoms with Crippen LogP contribution in [0.5, 0.6) is 0 Å². The van der Waals surface area contributed by atoms with E-state index in [9.17, 15) is 19.5 Å². The molecule has 3 unspecified atom stereocenters. The molecule has 0 aliphatic heterocycles. The molecule has 0 aromatic heterocycles. The first kappa shape index (κ1) is 15.3. The van der Waals surface area contributed by atoms with Crippen molar-refractivity contribution in [2.45, 2.75) is 45.2 Å². The number of carboxylic acid groups (broad SMARTS) is 1. The van der Waals surface area contributed by atoms with Crippen LogP contribution in [0.4, 0.5) is 4.79 Å². The Hall–Kier alpha value is -1.79. The van der Waals surface area contributed by atoms with Crippen LogP contribution in [0.25, 0.3) is 0 Å². The second-order valence-electron chi connectivity index (χ2n) is 5.12. The molecule has 1 rings (SSSR count). The van der Waals surface area contributed by atoms with Crippen LogP contribution in [0.3, 0.4) is 0 Å². The van der Waals surface area contributed by atoms with Gasteiger partial charge in [-0.25, -0.2) is 4.79 Å². The molecule has 7 nitrogen and oxygen atoms in total. The first-order chi connectivity index (χ1) is 8.81.